The van der Waals surface area contributed by atoms with Crippen molar-refractivity contribution < 1.29 is 28.8 Å². The van der Waals surface area contributed by atoms with Gasteiger partial charge in [0.25, 0.3) is 0 Å². The molecule has 1 amide bonds. The van der Waals surface area contributed by atoms with Crippen LogP contribution in [-0.2, 0) is 16.1 Å². The van der Waals surface area contributed by atoms with Gasteiger partial charge in [0.1, 0.15) is 24.6 Å². The highest BCUT2D eigenvalue weighted by Gasteiger charge is 2.16. The Kier molecular flexibility index (Phi) is 6.51. The summed E-state index contributed by atoms with van der Waals surface area (Å²) in [6.45, 7) is 2.33. The maximum absolute atomic E-state index is 12.1. The predicted octanol–water partition coefficient (Wildman–Crippen LogP) is 1.88. The van der Waals surface area contributed by atoms with Gasteiger partial charge in [0.2, 0.25) is 12.7 Å². The Balaban J connectivity index is 1.35. The second kappa shape index (κ2) is 9.25. The molecule has 2 N–H and O–H groups in total. The number of aliphatic hydroxyl groups excluding tert-OH is 1. The summed E-state index contributed by atoms with van der Waals surface area (Å²) >= 11 is 0. The van der Waals surface area contributed by atoms with E-state index in [-0.39, 0.29) is 25.9 Å². The molecule has 0 fully saturated rings. The quantitative estimate of drug-likeness (QED) is 0.698. The van der Waals surface area contributed by atoms with E-state index < -0.39 is 12.2 Å². The van der Waals surface area contributed by atoms with Crippen molar-refractivity contribution in [3.05, 3.63) is 54.1 Å². The maximum Gasteiger partial charge on any atom is 0.248 e. The summed E-state index contributed by atoms with van der Waals surface area (Å²) < 4.78 is 21.6. The van der Waals surface area contributed by atoms with Gasteiger partial charge in [-0.15, -0.1) is 0 Å². The second-order valence-corrected chi connectivity index (χ2v) is 6.16. The summed E-state index contributed by atoms with van der Waals surface area (Å²) in [5.74, 6) is 1.55. The van der Waals surface area contributed by atoms with Crippen LogP contribution in [0.15, 0.2) is 48.5 Å². The number of nitrogens with one attached hydrogen (secondary N) is 1. The fraction of sp³-hybridized carbons (Fsp3) is 0.350. The van der Waals surface area contributed by atoms with Crippen LogP contribution in [-0.4, -0.2) is 43.2 Å². The fourth-order valence-corrected chi connectivity index (χ4v) is 2.45. The largest absolute Gasteiger partial charge is 0.491 e. The molecule has 0 aliphatic carbocycles. The normalized spacial score (nSPS) is 14.4. The molecule has 0 saturated heterocycles. The first-order chi connectivity index (χ1) is 13.1. The van der Waals surface area contributed by atoms with Gasteiger partial charge in [0.05, 0.1) is 6.61 Å². The van der Waals surface area contributed by atoms with Crippen LogP contribution >= 0.6 is 0 Å². The summed E-state index contributed by atoms with van der Waals surface area (Å²) in [6, 6.07) is 14.8. The molecule has 2 aromatic carbocycles. The van der Waals surface area contributed by atoms with Crippen molar-refractivity contribution in [1.82, 2.24) is 5.32 Å². The molecule has 2 atom stereocenters. The van der Waals surface area contributed by atoms with E-state index in [1.807, 2.05) is 30.3 Å². The Labute approximate surface area is 157 Å². The van der Waals surface area contributed by atoms with Crippen molar-refractivity contribution in [3.8, 4) is 17.2 Å². The zero-order valence-electron chi connectivity index (χ0n) is 15.1. The lowest BCUT2D eigenvalue weighted by molar-refractivity contribution is -0.133. The predicted molar refractivity (Wildman–Crippen MR) is 97.8 cm³/mol. The summed E-state index contributed by atoms with van der Waals surface area (Å²) in [7, 11) is 0. The van der Waals surface area contributed by atoms with Crippen LogP contribution in [0.2, 0.25) is 0 Å². The van der Waals surface area contributed by atoms with Crippen molar-refractivity contribution in [1.29, 1.82) is 0 Å². The Morgan fingerprint density at radius 2 is 1.96 bits per heavy atom. The van der Waals surface area contributed by atoms with E-state index >= 15 is 0 Å². The third kappa shape index (κ3) is 5.60. The fourth-order valence-electron chi connectivity index (χ4n) is 2.45. The minimum atomic E-state index is -0.847. The Morgan fingerprint density at radius 3 is 2.78 bits per heavy atom. The molecule has 2 aromatic rings. The van der Waals surface area contributed by atoms with Gasteiger partial charge < -0.3 is 29.4 Å². The number of benzene rings is 2. The van der Waals surface area contributed by atoms with Gasteiger partial charge in [0.15, 0.2) is 11.5 Å². The number of fused-ring (bicyclic) bond motifs is 1. The van der Waals surface area contributed by atoms with E-state index in [9.17, 15) is 9.90 Å². The van der Waals surface area contributed by atoms with Gasteiger partial charge in [-0.05, 0) is 24.6 Å². The average Bonchev–Trinajstić information content (AvgIpc) is 3.17. The van der Waals surface area contributed by atoms with Crippen molar-refractivity contribution >= 4 is 5.91 Å². The molecule has 3 rings (SSSR count). The van der Waals surface area contributed by atoms with E-state index in [4.69, 9.17) is 18.9 Å². The molecule has 27 heavy (non-hydrogen) atoms. The van der Waals surface area contributed by atoms with E-state index in [0.717, 1.165) is 5.56 Å². The highest BCUT2D eigenvalue weighted by Crippen LogP contribution is 2.35. The van der Waals surface area contributed by atoms with Crippen LogP contribution in [0.5, 0.6) is 17.2 Å². The zero-order valence-corrected chi connectivity index (χ0v) is 15.1. The number of carbonyl (C=O) groups is 1. The smallest absolute Gasteiger partial charge is 0.248 e. The molecule has 0 spiro atoms. The number of hydrogen-bond donors (Lipinski definition) is 2. The topological polar surface area (TPSA) is 86.3 Å². The van der Waals surface area contributed by atoms with Crippen LogP contribution in [0.4, 0.5) is 0 Å². The number of carbonyl (C=O) groups excluding carboxylic acids is 1. The maximum atomic E-state index is 12.1. The summed E-state index contributed by atoms with van der Waals surface area (Å²) in [4.78, 5) is 12.1. The molecule has 1 heterocycles. The first-order valence-corrected chi connectivity index (χ1v) is 8.75. The van der Waals surface area contributed by atoms with E-state index in [1.165, 1.54) is 0 Å². The van der Waals surface area contributed by atoms with Gasteiger partial charge >= 0.3 is 0 Å². The SMILES string of the molecule is CC(OCc1ccccc1)C(=O)NCC(O)COc1ccc2c(c1)OCO2. The molecule has 144 valence electrons. The second-order valence-electron chi connectivity index (χ2n) is 6.16. The average molecular weight is 373 g/mol. The van der Waals surface area contributed by atoms with Crippen LogP contribution in [0.25, 0.3) is 0 Å². The van der Waals surface area contributed by atoms with Crippen LogP contribution in [0.3, 0.4) is 0 Å². The Morgan fingerprint density at radius 1 is 1.19 bits per heavy atom. The minimum Gasteiger partial charge on any atom is -0.491 e. The van der Waals surface area contributed by atoms with E-state index in [1.54, 1.807) is 25.1 Å². The van der Waals surface area contributed by atoms with Gasteiger partial charge in [0, 0.05) is 12.6 Å². The summed E-state index contributed by atoms with van der Waals surface area (Å²) in [5, 5.41) is 12.7. The number of aliphatic hydroxyl groups is 1. The van der Waals surface area contributed by atoms with Crippen molar-refractivity contribution in [3.63, 3.8) is 0 Å². The third-order valence-electron chi connectivity index (χ3n) is 4.01. The minimum absolute atomic E-state index is 0.0409. The molecule has 7 nitrogen and oxygen atoms in total. The van der Waals surface area contributed by atoms with Crippen LogP contribution in [0, 0.1) is 0 Å². The van der Waals surface area contributed by atoms with Crippen LogP contribution in [0.1, 0.15) is 12.5 Å². The van der Waals surface area contributed by atoms with Gasteiger partial charge in [-0.2, -0.15) is 0 Å². The summed E-state index contributed by atoms with van der Waals surface area (Å²) in [5.41, 5.74) is 0.995. The molecule has 0 aromatic heterocycles. The highest BCUT2D eigenvalue weighted by molar-refractivity contribution is 5.80. The van der Waals surface area contributed by atoms with Gasteiger partial charge in [-0.25, -0.2) is 0 Å². The molecule has 1 aliphatic rings. The molecular formula is C20H23NO6. The first kappa shape index (κ1) is 19.0. The van der Waals surface area contributed by atoms with Gasteiger partial charge in [-0.3, -0.25) is 4.79 Å². The van der Waals surface area contributed by atoms with Crippen molar-refractivity contribution in [2.24, 2.45) is 0 Å². The zero-order chi connectivity index (χ0) is 19.1. The molecule has 2 unspecified atom stereocenters. The standard InChI is InChI=1S/C20H23NO6/c1-14(24-11-15-5-3-2-4-6-15)20(23)21-10-16(22)12-25-17-7-8-18-19(9-17)27-13-26-18/h2-9,14,16,22H,10-13H2,1H3,(H,21,23). The monoisotopic (exact) mass is 373 g/mol. The van der Waals surface area contributed by atoms with Crippen molar-refractivity contribution in [2.45, 2.75) is 25.7 Å². The molecule has 1 aliphatic heterocycles. The Bertz CT molecular complexity index is 751. The van der Waals surface area contributed by atoms with Crippen molar-refractivity contribution in [2.75, 3.05) is 19.9 Å². The first-order valence-electron chi connectivity index (χ1n) is 8.75. The highest BCUT2D eigenvalue weighted by atomic mass is 16.7. The molecule has 7 heteroatoms. The lowest BCUT2D eigenvalue weighted by atomic mass is 10.2. The van der Waals surface area contributed by atoms with Gasteiger partial charge in [-0.1, -0.05) is 30.3 Å². The number of hydrogen-bond acceptors (Lipinski definition) is 6. The number of amides is 1. The molecule has 0 saturated carbocycles. The molecular weight excluding hydrogens is 350 g/mol. The summed E-state index contributed by atoms with van der Waals surface area (Å²) in [6.07, 6.45) is -1.46. The number of rotatable bonds is 9. The molecule has 0 bridgehead atoms. The van der Waals surface area contributed by atoms with E-state index in [2.05, 4.69) is 5.32 Å². The third-order valence-corrected chi connectivity index (χ3v) is 4.01. The lowest BCUT2D eigenvalue weighted by Crippen LogP contribution is -2.40. The lowest BCUT2D eigenvalue weighted by Gasteiger charge is -2.16. The molecule has 0 radical (unpaired) electrons. The Hall–Kier alpha value is -2.77. The van der Waals surface area contributed by atoms with Crippen LogP contribution < -0.4 is 19.5 Å². The van der Waals surface area contributed by atoms with E-state index in [0.29, 0.717) is 23.9 Å². The number of ether oxygens (including phenoxy) is 4.